The number of carbonyl (C=O) groups excluding carboxylic acids is 3. The lowest BCUT2D eigenvalue weighted by atomic mass is 10.1. The van der Waals surface area contributed by atoms with E-state index in [-0.39, 0.29) is 18.6 Å². The molecule has 1 atom stereocenters. The zero-order chi connectivity index (χ0) is 25.8. The van der Waals surface area contributed by atoms with Crippen LogP contribution in [0.1, 0.15) is 45.2 Å². The number of ether oxygens (including phenoxy) is 2. The van der Waals surface area contributed by atoms with Gasteiger partial charge in [0.25, 0.3) is 5.91 Å². The summed E-state index contributed by atoms with van der Waals surface area (Å²) in [5.74, 6) is -1.03. The van der Waals surface area contributed by atoms with Crippen molar-refractivity contribution in [1.29, 1.82) is 0 Å². The third kappa shape index (κ3) is 9.19. The maximum absolute atomic E-state index is 12.4. The fraction of sp³-hybridized carbons (Fsp3) is 0.360. The number of nitrogens with zero attached hydrogens (tertiary/aromatic N) is 1. The van der Waals surface area contributed by atoms with E-state index in [0.717, 1.165) is 6.42 Å². The van der Waals surface area contributed by atoms with Crippen LogP contribution >= 0.6 is 22.6 Å². The molecule has 35 heavy (non-hydrogen) atoms. The van der Waals surface area contributed by atoms with Crippen molar-refractivity contribution in [3.05, 3.63) is 51.1 Å². The number of rotatable bonds is 11. The molecule has 0 aromatic heterocycles. The average Bonchev–Trinajstić information content (AvgIpc) is 2.84. The Bertz CT molecular complexity index is 1060. The summed E-state index contributed by atoms with van der Waals surface area (Å²) in [5, 5.41) is 9.23. The summed E-state index contributed by atoms with van der Waals surface area (Å²) in [6.07, 6.45) is 3.04. The van der Waals surface area contributed by atoms with Crippen LogP contribution in [0.2, 0.25) is 0 Å². The van der Waals surface area contributed by atoms with E-state index < -0.39 is 11.8 Å². The number of nitrogens with one attached hydrogen (secondary N) is 3. The zero-order valence-corrected chi connectivity index (χ0v) is 22.5. The zero-order valence-electron chi connectivity index (χ0n) is 20.3. The Hall–Kier alpha value is -3.15. The second-order valence-electron chi connectivity index (χ2n) is 7.63. The normalized spacial score (nSPS) is 11.6. The molecular weight excluding hydrogens is 563 g/mol. The maximum atomic E-state index is 12.4. The van der Waals surface area contributed by atoms with Gasteiger partial charge in [-0.05, 0) is 84.7 Å². The van der Waals surface area contributed by atoms with E-state index >= 15 is 0 Å². The molecule has 10 heteroatoms. The van der Waals surface area contributed by atoms with Gasteiger partial charge in [0.1, 0.15) is 0 Å². The molecule has 0 saturated carbocycles. The largest absolute Gasteiger partial charge is 0.490 e. The molecule has 0 aliphatic rings. The van der Waals surface area contributed by atoms with Crippen molar-refractivity contribution in [2.45, 2.75) is 46.6 Å². The SMILES string of the molecule is CCOc1cc(/C=N\NC(=O)C(=O)N[C@H](C)CC)cc(I)c1OCC(=O)Nc1ccc(CC)cc1. The van der Waals surface area contributed by atoms with Gasteiger partial charge in [-0.1, -0.05) is 26.0 Å². The van der Waals surface area contributed by atoms with Gasteiger partial charge in [0.15, 0.2) is 18.1 Å². The number of halogens is 1. The molecule has 0 saturated heterocycles. The first-order chi connectivity index (χ1) is 16.8. The molecule has 2 aromatic rings. The quantitative estimate of drug-likeness (QED) is 0.159. The first-order valence-electron chi connectivity index (χ1n) is 11.4. The van der Waals surface area contributed by atoms with Crippen LogP contribution in [0.15, 0.2) is 41.5 Å². The number of hydrogen-bond donors (Lipinski definition) is 3. The molecule has 2 aromatic carbocycles. The number of hydrogen-bond acceptors (Lipinski definition) is 6. The van der Waals surface area contributed by atoms with Crippen molar-refractivity contribution in [3.8, 4) is 11.5 Å². The van der Waals surface area contributed by atoms with E-state index in [2.05, 4.69) is 50.7 Å². The van der Waals surface area contributed by atoms with Crippen LogP contribution < -0.4 is 25.5 Å². The molecular formula is C25H31IN4O5. The van der Waals surface area contributed by atoms with Crippen molar-refractivity contribution < 1.29 is 23.9 Å². The number of benzene rings is 2. The van der Waals surface area contributed by atoms with Gasteiger partial charge in [0.05, 0.1) is 16.4 Å². The van der Waals surface area contributed by atoms with E-state index in [1.165, 1.54) is 11.8 Å². The van der Waals surface area contributed by atoms with Crippen LogP contribution in [0.25, 0.3) is 0 Å². The molecule has 0 fully saturated rings. The third-order valence-electron chi connectivity index (χ3n) is 4.90. The Morgan fingerprint density at radius 3 is 2.40 bits per heavy atom. The van der Waals surface area contributed by atoms with Crippen LogP contribution in [0.4, 0.5) is 5.69 Å². The molecule has 3 amide bonds. The second kappa shape index (κ2) is 14.3. The molecule has 3 N–H and O–H groups in total. The Balaban J connectivity index is 2.02. The first kappa shape index (κ1) is 28.1. The molecule has 0 bridgehead atoms. The van der Waals surface area contributed by atoms with Crippen LogP contribution in [-0.2, 0) is 20.8 Å². The summed E-state index contributed by atoms with van der Waals surface area (Å²) in [6.45, 7) is 7.81. The van der Waals surface area contributed by atoms with Crippen LogP contribution in [-0.4, -0.2) is 43.2 Å². The molecule has 0 aliphatic heterocycles. The molecule has 0 spiro atoms. The van der Waals surface area contributed by atoms with Gasteiger partial charge >= 0.3 is 11.8 Å². The molecule has 0 aliphatic carbocycles. The average molecular weight is 594 g/mol. The molecule has 188 valence electrons. The maximum Gasteiger partial charge on any atom is 0.329 e. The highest BCUT2D eigenvalue weighted by Crippen LogP contribution is 2.34. The van der Waals surface area contributed by atoms with Crippen molar-refractivity contribution in [2.75, 3.05) is 18.5 Å². The first-order valence-corrected chi connectivity index (χ1v) is 12.5. The highest BCUT2D eigenvalue weighted by molar-refractivity contribution is 14.1. The van der Waals surface area contributed by atoms with Gasteiger partial charge in [-0.25, -0.2) is 5.43 Å². The fourth-order valence-corrected chi connectivity index (χ4v) is 3.61. The topological polar surface area (TPSA) is 118 Å². The van der Waals surface area contributed by atoms with Gasteiger partial charge in [-0.2, -0.15) is 5.10 Å². The number of hydrazone groups is 1. The van der Waals surface area contributed by atoms with E-state index in [1.807, 2.05) is 45.0 Å². The minimum absolute atomic E-state index is 0.108. The summed E-state index contributed by atoms with van der Waals surface area (Å²) in [5.41, 5.74) is 4.71. The second-order valence-corrected chi connectivity index (χ2v) is 8.79. The lowest BCUT2D eigenvalue weighted by Crippen LogP contribution is -2.41. The van der Waals surface area contributed by atoms with Gasteiger partial charge in [0.2, 0.25) is 0 Å². The molecule has 0 heterocycles. The molecule has 0 radical (unpaired) electrons. The van der Waals surface area contributed by atoms with E-state index in [1.54, 1.807) is 12.1 Å². The molecule has 9 nitrogen and oxygen atoms in total. The summed E-state index contributed by atoms with van der Waals surface area (Å²) in [6, 6.07) is 11.0. The predicted molar refractivity (Wildman–Crippen MR) is 144 cm³/mol. The van der Waals surface area contributed by atoms with Gasteiger partial charge in [-0.15, -0.1) is 0 Å². The molecule has 2 rings (SSSR count). The highest BCUT2D eigenvalue weighted by atomic mass is 127. The number of carbonyl (C=O) groups is 3. The predicted octanol–water partition coefficient (Wildman–Crippen LogP) is 3.63. The van der Waals surface area contributed by atoms with Gasteiger partial charge in [0, 0.05) is 11.7 Å². The monoisotopic (exact) mass is 594 g/mol. The summed E-state index contributed by atoms with van der Waals surface area (Å²) >= 11 is 2.07. The smallest absolute Gasteiger partial charge is 0.329 e. The Morgan fingerprint density at radius 2 is 1.77 bits per heavy atom. The summed E-state index contributed by atoms with van der Waals surface area (Å²) in [4.78, 5) is 36.0. The fourth-order valence-electron chi connectivity index (χ4n) is 2.83. The Kier molecular flexibility index (Phi) is 11.5. The standard InChI is InChI=1S/C25H31IN4O5/c1-5-16(4)28-24(32)25(33)30-27-14-18-12-20(26)23(21(13-18)34-7-3)35-15-22(31)29-19-10-8-17(6-2)9-11-19/h8-14,16H,5-7,15H2,1-4H3,(H,28,32)(H,29,31)(H,30,33)/b27-14-/t16-/m1/s1. The van der Waals surface area contributed by atoms with Crippen molar-refractivity contribution in [2.24, 2.45) is 5.10 Å². The number of amides is 3. The molecule has 0 unspecified atom stereocenters. The Morgan fingerprint density at radius 1 is 1.06 bits per heavy atom. The van der Waals surface area contributed by atoms with Crippen LogP contribution in [0.3, 0.4) is 0 Å². The Labute approximate surface area is 219 Å². The van der Waals surface area contributed by atoms with Crippen molar-refractivity contribution in [1.82, 2.24) is 10.7 Å². The van der Waals surface area contributed by atoms with E-state index in [0.29, 0.717) is 39.3 Å². The van der Waals surface area contributed by atoms with Gasteiger partial charge in [-0.3, -0.25) is 14.4 Å². The lowest BCUT2D eigenvalue weighted by molar-refractivity contribution is -0.139. The number of aryl methyl sites for hydroxylation is 1. The van der Waals surface area contributed by atoms with Crippen molar-refractivity contribution in [3.63, 3.8) is 0 Å². The van der Waals surface area contributed by atoms with Crippen LogP contribution in [0.5, 0.6) is 11.5 Å². The highest BCUT2D eigenvalue weighted by Gasteiger charge is 2.16. The van der Waals surface area contributed by atoms with E-state index in [9.17, 15) is 14.4 Å². The van der Waals surface area contributed by atoms with E-state index in [4.69, 9.17) is 9.47 Å². The summed E-state index contributed by atoms with van der Waals surface area (Å²) in [7, 11) is 0. The summed E-state index contributed by atoms with van der Waals surface area (Å²) < 4.78 is 12.1. The van der Waals surface area contributed by atoms with Crippen LogP contribution in [0, 0.1) is 3.57 Å². The van der Waals surface area contributed by atoms with Gasteiger partial charge < -0.3 is 20.1 Å². The minimum atomic E-state index is -0.850. The lowest BCUT2D eigenvalue weighted by Gasteiger charge is -2.14. The van der Waals surface area contributed by atoms with Crippen molar-refractivity contribution >= 4 is 52.2 Å². The minimum Gasteiger partial charge on any atom is -0.490 e. The number of anilines is 1. The third-order valence-corrected chi connectivity index (χ3v) is 5.70.